The van der Waals surface area contributed by atoms with Gasteiger partial charge in [-0.1, -0.05) is 26.2 Å². The molecule has 1 rings (SSSR count). The van der Waals surface area contributed by atoms with Crippen molar-refractivity contribution in [1.29, 1.82) is 0 Å². The second-order valence-corrected chi connectivity index (χ2v) is 4.38. The highest BCUT2D eigenvalue weighted by Gasteiger charge is 2.12. The summed E-state index contributed by atoms with van der Waals surface area (Å²) in [5, 5.41) is 0. The van der Waals surface area contributed by atoms with E-state index in [-0.39, 0.29) is 6.10 Å². The number of hydrogen-bond donors (Lipinski definition) is 1. The molecule has 0 aliphatic rings. The van der Waals surface area contributed by atoms with Crippen molar-refractivity contribution in [3.8, 4) is 11.8 Å². The molecular weight excluding hydrogens is 230 g/mol. The average molecular weight is 253 g/mol. The standard InChI is InChI=1S/C13H23N3O2/c1-4-5-6-7-8-10(2)18-13-11(14)12(17-3)15-9-16-13/h9-10H,4-8,14H2,1-3H3. The molecular formula is C13H23N3O2. The fourth-order valence-corrected chi connectivity index (χ4v) is 1.73. The van der Waals surface area contributed by atoms with Crippen molar-refractivity contribution in [2.45, 2.75) is 52.1 Å². The molecule has 102 valence electrons. The molecule has 0 aliphatic carbocycles. The number of rotatable bonds is 8. The molecule has 18 heavy (non-hydrogen) atoms. The maximum atomic E-state index is 5.84. The minimum atomic E-state index is 0.101. The van der Waals surface area contributed by atoms with Gasteiger partial charge in [0.25, 0.3) is 0 Å². The second-order valence-electron chi connectivity index (χ2n) is 4.38. The first-order chi connectivity index (χ1) is 8.69. The van der Waals surface area contributed by atoms with E-state index in [1.807, 2.05) is 6.92 Å². The molecule has 0 radical (unpaired) electrons. The van der Waals surface area contributed by atoms with Crippen LogP contribution in [0, 0.1) is 0 Å². The number of hydrogen-bond acceptors (Lipinski definition) is 5. The summed E-state index contributed by atoms with van der Waals surface area (Å²) in [5.74, 6) is 0.767. The summed E-state index contributed by atoms with van der Waals surface area (Å²) < 4.78 is 10.7. The summed E-state index contributed by atoms with van der Waals surface area (Å²) in [4.78, 5) is 7.95. The first-order valence-corrected chi connectivity index (χ1v) is 6.50. The molecule has 5 nitrogen and oxygen atoms in total. The molecule has 1 heterocycles. The van der Waals surface area contributed by atoms with E-state index >= 15 is 0 Å². The molecule has 0 aliphatic heterocycles. The van der Waals surface area contributed by atoms with Gasteiger partial charge in [-0.15, -0.1) is 0 Å². The minimum Gasteiger partial charge on any atom is -0.479 e. The Balaban J connectivity index is 2.46. The maximum absolute atomic E-state index is 5.84. The summed E-state index contributed by atoms with van der Waals surface area (Å²) >= 11 is 0. The summed E-state index contributed by atoms with van der Waals surface area (Å²) in [7, 11) is 1.52. The van der Waals surface area contributed by atoms with Crippen molar-refractivity contribution in [2.75, 3.05) is 12.8 Å². The molecule has 1 aromatic heterocycles. The van der Waals surface area contributed by atoms with Crippen LogP contribution >= 0.6 is 0 Å². The average Bonchev–Trinajstić information content (AvgIpc) is 2.37. The van der Waals surface area contributed by atoms with E-state index in [1.165, 1.54) is 32.7 Å². The summed E-state index contributed by atoms with van der Waals surface area (Å²) in [6.45, 7) is 4.23. The van der Waals surface area contributed by atoms with Crippen LogP contribution in [0.4, 0.5) is 5.69 Å². The van der Waals surface area contributed by atoms with Crippen molar-refractivity contribution in [3.05, 3.63) is 6.33 Å². The van der Waals surface area contributed by atoms with Crippen LogP contribution in [-0.2, 0) is 0 Å². The largest absolute Gasteiger partial charge is 0.479 e. The van der Waals surface area contributed by atoms with Crippen molar-refractivity contribution in [3.63, 3.8) is 0 Å². The highest BCUT2D eigenvalue weighted by Crippen LogP contribution is 2.27. The first kappa shape index (κ1) is 14.5. The predicted molar refractivity (Wildman–Crippen MR) is 71.8 cm³/mol. The Morgan fingerprint density at radius 3 is 2.61 bits per heavy atom. The summed E-state index contributed by atoms with van der Waals surface area (Å²) in [6.07, 6.45) is 7.43. The Labute approximate surface area is 109 Å². The highest BCUT2D eigenvalue weighted by atomic mass is 16.5. The Hall–Kier alpha value is -1.52. The molecule has 0 saturated heterocycles. The van der Waals surface area contributed by atoms with E-state index in [0.29, 0.717) is 17.4 Å². The normalized spacial score (nSPS) is 12.2. The molecule has 0 bridgehead atoms. The van der Waals surface area contributed by atoms with Gasteiger partial charge in [-0.2, -0.15) is 9.97 Å². The highest BCUT2D eigenvalue weighted by molar-refractivity contribution is 5.55. The number of unbranched alkanes of at least 4 members (excludes halogenated alkanes) is 3. The summed E-state index contributed by atoms with van der Waals surface area (Å²) in [5.41, 5.74) is 6.20. The number of nitrogens with zero attached hydrogens (tertiary/aromatic N) is 2. The van der Waals surface area contributed by atoms with E-state index in [4.69, 9.17) is 15.2 Å². The Morgan fingerprint density at radius 1 is 1.22 bits per heavy atom. The molecule has 1 atom stereocenters. The third kappa shape index (κ3) is 4.39. The van der Waals surface area contributed by atoms with Crippen LogP contribution in [-0.4, -0.2) is 23.2 Å². The lowest BCUT2D eigenvalue weighted by atomic mass is 10.1. The fourth-order valence-electron chi connectivity index (χ4n) is 1.73. The third-order valence-electron chi connectivity index (χ3n) is 2.78. The molecule has 0 aromatic carbocycles. The van der Waals surface area contributed by atoms with E-state index in [0.717, 1.165) is 12.8 Å². The summed E-state index contributed by atoms with van der Waals surface area (Å²) in [6, 6.07) is 0. The molecule has 0 amide bonds. The number of aromatic nitrogens is 2. The lowest BCUT2D eigenvalue weighted by molar-refractivity contribution is 0.198. The van der Waals surface area contributed by atoms with Crippen LogP contribution in [0.2, 0.25) is 0 Å². The molecule has 0 fully saturated rings. The van der Waals surface area contributed by atoms with E-state index < -0.39 is 0 Å². The Morgan fingerprint density at radius 2 is 1.94 bits per heavy atom. The van der Waals surface area contributed by atoms with Crippen LogP contribution in [0.5, 0.6) is 11.8 Å². The van der Waals surface area contributed by atoms with Gasteiger partial charge in [0.05, 0.1) is 13.2 Å². The maximum Gasteiger partial charge on any atom is 0.244 e. The lowest BCUT2D eigenvalue weighted by Crippen LogP contribution is -2.14. The number of anilines is 1. The molecule has 1 unspecified atom stereocenters. The lowest BCUT2D eigenvalue weighted by Gasteiger charge is -2.15. The number of nitrogen functional groups attached to an aromatic ring is 1. The van der Waals surface area contributed by atoms with Crippen molar-refractivity contribution < 1.29 is 9.47 Å². The molecule has 1 aromatic rings. The van der Waals surface area contributed by atoms with Crippen LogP contribution in [0.25, 0.3) is 0 Å². The predicted octanol–water partition coefficient (Wildman–Crippen LogP) is 2.81. The van der Waals surface area contributed by atoms with E-state index in [2.05, 4.69) is 16.9 Å². The fraction of sp³-hybridized carbons (Fsp3) is 0.692. The van der Waals surface area contributed by atoms with Gasteiger partial charge in [0.1, 0.15) is 6.33 Å². The van der Waals surface area contributed by atoms with Crippen LogP contribution in [0.15, 0.2) is 6.33 Å². The zero-order valence-corrected chi connectivity index (χ0v) is 11.5. The quantitative estimate of drug-likeness (QED) is 0.721. The van der Waals surface area contributed by atoms with Crippen molar-refractivity contribution in [1.82, 2.24) is 9.97 Å². The smallest absolute Gasteiger partial charge is 0.244 e. The number of ether oxygens (including phenoxy) is 2. The first-order valence-electron chi connectivity index (χ1n) is 6.50. The zero-order chi connectivity index (χ0) is 13.4. The Bertz CT molecular complexity index is 358. The van der Waals surface area contributed by atoms with Gasteiger partial charge in [0.15, 0.2) is 5.69 Å². The van der Waals surface area contributed by atoms with E-state index in [1.54, 1.807) is 0 Å². The van der Waals surface area contributed by atoms with Gasteiger partial charge in [-0.05, 0) is 19.8 Å². The van der Waals surface area contributed by atoms with Gasteiger partial charge in [-0.3, -0.25) is 0 Å². The number of methoxy groups -OCH3 is 1. The Kier molecular flexibility index (Phi) is 6.25. The van der Waals surface area contributed by atoms with Crippen LogP contribution < -0.4 is 15.2 Å². The van der Waals surface area contributed by atoms with Gasteiger partial charge in [0.2, 0.25) is 11.8 Å². The van der Waals surface area contributed by atoms with E-state index in [9.17, 15) is 0 Å². The SMILES string of the molecule is CCCCCCC(C)Oc1ncnc(OC)c1N. The van der Waals surface area contributed by atoms with Gasteiger partial charge < -0.3 is 15.2 Å². The topological polar surface area (TPSA) is 70.3 Å². The minimum absolute atomic E-state index is 0.101. The van der Waals surface area contributed by atoms with Crippen molar-refractivity contribution >= 4 is 5.69 Å². The van der Waals surface area contributed by atoms with Crippen molar-refractivity contribution in [2.24, 2.45) is 0 Å². The molecule has 2 N–H and O–H groups in total. The van der Waals surface area contributed by atoms with Crippen LogP contribution in [0.3, 0.4) is 0 Å². The van der Waals surface area contributed by atoms with Gasteiger partial charge in [0, 0.05) is 0 Å². The number of nitrogens with two attached hydrogens (primary N) is 1. The second kappa shape index (κ2) is 7.74. The molecule has 5 heteroatoms. The zero-order valence-electron chi connectivity index (χ0n) is 11.5. The molecule has 0 saturated carbocycles. The molecule has 0 spiro atoms. The monoisotopic (exact) mass is 253 g/mol. The van der Waals surface area contributed by atoms with Crippen LogP contribution in [0.1, 0.15) is 46.0 Å². The third-order valence-corrected chi connectivity index (χ3v) is 2.78. The van der Waals surface area contributed by atoms with Gasteiger partial charge in [-0.25, -0.2) is 0 Å². The van der Waals surface area contributed by atoms with Gasteiger partial charge >= 0.3 is 0 Å².